The third-order valence-corrected chi connectivity index (χ3v) is 8.95. The van der Waals surface area contributed by atoms with Gasteiger partial charge in [0.2, 0.25) is 0 Å². The summed E-state index contributed by atoms with van der Waals surface area (Å²) in [5.74, 6) is -0.276. The van der Waals surface area contributed by atoms with Crippen LogP contribution in [0.3, 0.4) is 0 Å². The highest BCUT2D eigenvalue weighted by Crippen LogP contribution is 2.23. The van der Waals surface area contributed by atoms with Gasteiger partial charge in [-0.05, 0) is 93.6 Å². The lowest BCUT2D eigenvalue weighted by Gasteiger charge is -2.36. The third-order valence-electron chi connectivity index (χ3n) is 7.24. The summed E-state index contributed by atoms with van der Waals surface area (Å²) < 4.78 is 36.6. The fraction of sp³-hybridized carbons (Fsp3) is 0.394. The molecule has 43 heavy (non-hydrogen) atoms. The number of aliphatic hydroxyl groups is 1. The first-order valence-electron chi connectivity index (χ1n) is 14.4. The van der Waals surface area contributed by atoms with Gasteiger partial charge in [0.15, 0.2) is 9.84 Å². The summed E-state index contributed by atoms with van der Waals surface area (Å²) >= 11 is 0. The number of hydrogen-bond donors (Lipinski definition) is 2. The van der Waals surface area contributed by atoms with Crippen LogP contribution in [0.25, 0.3) is 0 Å². The molecule has 1 aliphatic rings. The molecule has 3 aromatic carbocycles. The second-order valence-electron chi connectivity index (χ2n) is 11.8. The zero-order chi connectivity index (χ0) is 31.0. The summed E-state index contributed by atoms with van der Waals surface area (Å²) in [5, 5.41) is 13.3. The highest BCUT2D eigenvalue weighted by atomic mass is 32.2. The SMILES string of the molecule is CC(C)(C)OC(=O)NCc1ccc(C(=O)Oc2ccc(S(=O)(=O)CCN3CCC(Cc4ccccc4)[C@H](O)C3)cc2)cc1. The minimum Gasteiger partial charge on any atom is -0.444 e. The van der Waals surface area contributed by atoms with Gasteiger partial charge in [-0.2, -0.15) is 0 Å². The predicted molar refractivity (Wildman–Crippen MR) is 164 cm³/mol. The molecule has 0 aromatic heterocycles. The molecule has 0 radical (unpaired) electrons. The number of carbonyl (C=O) groups excluding carboxylic acids is 2. The van der Waals surface area contributed by atoms with Gasteiger partial charge < -0.3 is 19.9 Å². The van der Waals surface area contributed by atoms with E-state index in [0.29, 0.717) is 18.7 Å². The Labute approximate surface area is 253 Å². The van der Waals surface area contributed by atoms with Crippen LogP contribution in [-0.2, 0) is 27.5 Å². The standard InChI is InChI=1S/C33H40N2O7S/c1-33(2,3)42-32(38)34-22-25-9-11-26(12-10-25)31(37)41-28-13-15-29(16-14-28)43(39,40)20-19-35-18-17-27(30(36)23-35)21-24-7-5-4-6-8-24/h4-16,27,30,36H,17-23H2,1-3H3,(H,34,38)/t27?,30-/m1/s1. The van der Waals surface area contributed by atoms with Crippen LogP contribution in [0.4, 0.5) is 4.79 Å². The first kappa shape index (κ1) is 32.2. The molecule has 9 nitrogen and oxygen atoms in total. The van der Waals surface area contributed by atoms with Gasteiger partial charge in [-0.1, -0.05) is 42.5 Å². The molecule has 4 rings (SSSR count). The molecule has 3 aromatic rings. The van der Waals surface area contributed by atoms with E-state index >= 15 is 0 Å². The van der Waals surface area contributed by atoms with Crippen LogP contribution >= 0.6 is 0 Å². The zero-order valence-electron chi connectivity index (χ0n) is 24.9. The van der Waals surface area contributed by atoms with Crippen LogP contribution in [0.2, 0.25) is 0 Å². The lowest BCUT2D eigenvalue weighted by molar-refractivity contribution is 0.0245. The summed E-state index contributed by atoms with van der Waals surface area (Å²) in [7, 11) is -3.57. The number of amides is 1. The normalized spacial score (nSPS) is 17.7. The Morgan fingerprint density at radius 1 is 0.953 bits per heavy atom. The van der Waals surface area contributed by atoms with Crippen molar-refractivity contribution in [2.75, 3.05) is 25.4 Å². The predicted octanol–water partition coefficient (Wildman–Crippen LogP) is 4.63. The smallest absolute Gasteiger partial charge is 0.407 e. The van der Waals surface area contributed by atoms with Crippen LogP contribution in [-0.4, -0.2) is 67.6 Å². The number of carbonyl (C=O) groups is 2. The number of esters is 1. The molecule has 1 unspecified atom stereocenters. The average Bonchev–Trinajstić information content (AvgIpc) is 2.96. The fourth-order valence-electron chi connectivity index (χ4n) is 4.90. The molecule has 1 heterocycles. The van der Waals surface area contributed by atoms with E-state index in [-0.39, 0.29) is 28.9 Å². The number of nitrogens with one attached hydrogen (secondary N) is 1. The molecule has 2 atom stereocenters. The maximum Gasteiger partial charge on any atom is 0.407 e. The Bertz CT molecular complexity index is 1470. The molecule has 1 saturated heterocycles. The molecule has 0 spiro atoms. The average molecular weight is 609 g/mol. The molecule has 230 valence electrons. The number of nitrogens with zero attached hydrogens (tertiary/aromatic N) is 1. The van der Waals surface area contributed by atoms with E-state index in [9.17, 15) is 23.1 Å². The van der Waals surface area contributed by atoms with Crippen molar-refractivity contribution in [1.82, 2.24) is 10.2 Å². The summed E-state index contributed by atoms with van der Waals surface area (Å²) in [4.78, 5) is 26.6. The van der Waals surface area contributed by atoms with Crippen LogP contribution in [0.5, 0.6) is 5.75 Å². The maximum absolute atomic E-state index is 13.0. The molecule has 0 saturated carbocycles. The van der Waals surface area contributed by atoms with Crippen molar-refractivity contribution in [3.05, 3.63) is 95.6 Å². The number of ether oxygens (including phenoxy) is 2. The molecule has 10 heteroatoms. The van der Waals surface area contributed by atoms with E-state index in [1.807, 2.05) is 23.1 Å². The number of alkyl carbamates (subject to hydrolysis) is 1. The largest absolute Gasteiger partial charge is 0.444 e. The Kier molecular flexibility index (Phi) is 10.6. The summed E-state index contributed by atoms with van der Waals surface area (Å²) in [6.07, 6.45) is 0.584. The van der Waals surface area contributed by atoms with E-state index in [1.54, 1.807) is 45.0 Å². The summed E-state index contributed by atoms with van der Waals surface area (Å²) in [5.41, 5.74) is 1.69. The van der Waals surface area contributed by atoms with Crippen LogP contribution in [0, 0.1) is 5.92 Å². The molecule has 1 fully saturated rings. The van der Waals surface area contributed by atoms with Crippen LogP contribution in [0.15, 0.2) is 83.8 Å². The second kappa shape index (κ2) is 14.2. The van der Waals surface area contributed by atoms with Gasteiger partial charge in [-0.15, -0.1) is 0 Å². The van der Waals surface area contributed by atoms with E-state index in [1.165, 1.54) is 29.8 Å². The fourth-order valence-corrected chi connectivity index (χ4v) is 6.18. The number of likely N-dealkylation sites (tertiary alicyclic amines) is 1. The van der Waals surface area contributed by atoms with Crippen molar-refractivity contribution in [2.45, 2.75) is 56.8 Å². The van der Waals surface area contributed by atoms with E-state index in [2.05, 4.69) is 17.4 Å². The maximum atomic E-state index is 13.0. The minimum atomic E-state index is -3.57. The van der Waals surface area contributed by atoms with Gasteiger partial charge in [0.25, 0.3) is 0 Å². The van der Waals surface area contributed by atoms with Gasteiger partial charge in [0.05, 0.1) is 22.3 Å². The van der Waals surface area contributed by atoms with Crippen molar-refractivity contribution in [1.29, 1.82) is 0 Å². The van der Waals surface area contributed by atoms with E-state index in [0.717, 1.165) is 24.9 Å². The highest BCUT2D eigenvalue weighted by Gasteiger charge is 2.28. The van der Waals surface area contributed by atoms with E-state index in [4.69, 9.17) is 9.47 Å². The van der Waals surface area contributed by atoms with Crippen molar-refractivity contribution >= 4 is 21.9 Å². The van der Waals surface area contributed by atoms with Gasteiger partial charge in [-0.3, -0.25) is 4.90 Å². The Morgan fingerprint density at radius 3 is 2.26 bits per heavy atom. The first-order valence-corrected chi connectivity index (χ1v) is 16.1. The third kappa shape index (κ3) is 9.91. The highest BCUT2D eigenvalue weighted by molar-refractivity contribution is 7.91. The Hall–Kier alpha value is -3.73. The van der Waals surface area contributed by atoms with Gasteiger partial charge in [-0.25, -0.2) is 18.0 Å². The zero-order valence-corrected chi connectivity index (χ0v) is 25.7. The molecule has 2 N–H and O–H groups in total. The second-order valence-corrected chi connectivity index (χ2v) is 13.9. The van der Waals surface area contributed by atoms with Gasteiger partial charge in [0.1, 0.15) is 11.4 Å². The van der Waals surface area contributed by atoms with Crippen molar-refractivity contribution < 1.29 is 32.6 Å². The molecule has 0 aliphatic carbocycles. The molecule has 1 amide bonds. The van der Waals surface area contributed by atoms with Gasteiger partial charge in [0, 0.05) is 19.6 Å². The number of hydrogen-bond acceptors (Lipinski definition) is 8. The topological polar surface area (TPSA) is 122 Å². The first-order chi connectivity index (χ1) is 20.4. The van der Waals surface area contributed by atoms with Crippen molar-refractivity contribution in [2.24, 2.45) is 5.92 Å². The number of sulfone groups is 1. The number of piperidine rings is 1. The minimum absolute atomic E-state index is 0.0721. The monoisotopic (exact) mass is 608 g/mol. The van der Waals surface area contributed by atoms with Gasteiger partial charge >= 0.3 is 12.1 Å². The lowest BCUT2D eigenvalue weighted by Crippen LogP contribution is -2.46. The number of aliphatic hydroxyl groups excluding tert-OH is 1. The van der Waals surface area contributed by atoms with Crippen molar-refractivity contribution in [3.63, 3.8) is 0 Å². The molecule has 1 aliphatic heterocycles. The van der Waals surface area contributed by atoms with Crippen LogP contribution < -0.4 is 10.1 Å². The number of rotatable bonds is 10. The summed E-state index contributed by atoms with van der Waals surface area (Å²) in [6, 6.07) is 22.5. The van der Waals surface area contributed by atoms with E-state index < -0.39 is 33.6 Å². The van der Waals surface area contributed by atoms with Crippen LogP contribution in [0.1, 0.15) is 48.7 Å². The quantitative estimate of drug-likeness (QED) is 0.252. The summed E-state index contributed by atoms with van der Waals surface area (Å²) in [6.45, 7) is 7.10. The lowest BCUT2D eigenvalue weighted by atomic mass is 9.88. The Morgan fingerprint density at radius 2 is 1.63 bits per heavy atom. The number of benzene rings is 3. The number of β-amino-alcohol motifs (C(OH)–C–C–N with tert-alkyl or cyclic N) is 1. The van der Waals surface area contributed by atoms with Crippen molar-refractivity contribution in [3.8, 4) is 5.75 Å². The molecular formula is C33H40N2O7S. The molecular weight excluding hydrogens is 568 g/mol. The molecule has 0 bridgehead atoms. The Balaban J connectivity index is 1.23.